The van der Waals surface area contributed by atoms with E-state index < -0.39 is 0 Å². The van der Waals surface area contributed by atoms with E-state index in [0.717, 1.165) is 13.1 Å². The lowest BCUT2D eigenvalue weighted by Gasteiger charge is -2.24. The molecule has 0 bridgehead atoms. The summed E-state index contributed by atoms with van der Waals surface area (Å²) in [4.78, 5) is 13.3. The molecular formula is C10H16N2O2. The molecular weight excluding hydrogens is 180 g/mol. The molecule has 0 saturated heterocycles. The molecule has 0 aromatic carbocycles. The third-order valence-electron chi connectivity index (χ3n) is 1.90. The fraction of sp³-hybridized carbons (Fsp3) is 0.500. The van der Waals surface area contributed by atoms with E-state index in [2.05, 4.69) is 11.9 Å². The Kier molecular flexibility index (Phi) is 4.04. The van der Waals surface area contributed by atoms with Crippen LogP contribution >= 0.6 is 0 Å². The second-order valence-electron chi connectivity index (χ2n) is 3.06. The zero-order valence-electron chi connectivity index (χ0n) is 8.45. The quantitative estimate of drug-likeness (QED) is 0.524. The first-order chi connectivity index (χ1) is 6.74. The van der Waals surface area contributed by atoms with Gasteiger partial charge in [0.2, 0.25) is 0 Å². The van der Waals surface area contributed by atoms with Crippen molar-refractivity contribution in [2.45, 2.75) is 6.92 Å². The van der Waals surface area contributed by atoms with Crippen LogP contribution in [0.2, 0.25) is 0 Å². The van der Waals surface area contributed by atoms with Gasteiger partial charge in [-0.2, -0.15) is 0 Å². The van der Waals surface area contributed by atoms with Crippen LogP contribution in [0.1, 0.15) is 6.92 Å². The minimum Gasteiger partial charge on any atom is -0.463 e. The van der Waals surface area contributed by atoms with Gasteiger partial charge in [0.05, 0.1) is 6.61 Å². The van der Waals surface area contributed by atoms with Crippen LogP contribution in [-0.2, 0) is 9.53 Å². The van der Waals surface area contributed by atoms with Gasteiger partial charge in [-0.3, -0.25) is 0 Å². The SMILES string of the molecule is C=C(CN1C=CNCC1)C(=O)OCC. The van der Waals surface area contributed by atoms with E-state index in [1.54, 1.807) is 6.92 Å². The summed E-state index contributed by atoms with van der Waals surface area (Å²) < 4.78 is 4.84. The van der Waals surface area contributed by atoms with E-state index in [-0.39, 0.29) is 5.97 Å². The molecule has 1 heterocycles. The van der Waals surface area contributed by atoms with Gasteiger partial charge in [-0.25, -0.2) is 4.79 Å². The van der Waals surface area contributed by atoms with Gasteiger partial charge in [-0.1, -0.05) is 6.58 Å². The molecule has 0 radical (unpaired) electrons. The molecule has 78 valence electrons. The van der Waals surface area contributed by atoms with Crippen molar-refractivity contribution in [3.63, 3.8) is 0 Å². The minimum absolute atomic E-state index is 0.306. The van der Waals surface area contributed by atoms with Crippen LogP contribution in [0.4, 0.5) is 0 Å². The van der Waals surface area contributed by atoms with Crippen LogP contribution < -0.4 is 5.32 Å². The lowest BCUT2D eigenvalue weighted by atomic mass is 10.3. The van der Waals surface area contributed by atoms with Gasteiger partial charge in [0.25, 0.3) is 0 Å². The minimum atomic E-state index is -0.306. The lowest BCUT2D eigenvalue weighted by Crippen LogP contribution is -2.33. The van der Waals surface area contributed by atoms with Crippen LogP contribution in [-0.4, -0.2) is 37.1 Å². The molecule has 0 amide bonds. The van der Waals surface area contributed by atoms with E-state index >= 15 is 0 Å². The monoisotopic (exact) mass is 196 g/mol. The number of ether oxygens (including phenoxy) is 1. The van der Waals surface area contributed by atoms with Crippen molar-refractivity contribution in [3.8, 4) is 0 Å². The van der Waals surface area contributed by atoms with Gasteiger partial charge in [0.15, 0.2) is 0 Å². The van der Waals surface area contributed by atoms with Crippen molar-refractivity contribution in [1.82, 2.24) is 10.2 Å². The van der Waals surface area contributed by atoms with Crippen molar-refractivity contribution < 1.29 is 9.53 Å². The first-order valence-electron chi connectivity index (χ1n) is 4.73. The molecule has 4 nitrogen and oxygen atoms in total. The molecule has 0 aliphatic carbocycles. The number of nitrogens with one attached hydrogen (secondary N) is 1. The second kappa shape index (κ2) is 5.32. The van der Waals surface area contributed by atoms with Crippen molar-refractivity contribution in [2.24, 2.45) is 0 Å². The number of carbonyl (C=O) groups excluding carboxylic acids is 1. The van der Waals surface area contributed by atoms with Crippen LogP contribution in [0.3, 0.4) is 0 Å². The Labute approximate surface area is 84.2 Å². The summed E-state index contributed by atoms with van der Waals surface area (Å²) in [5.74, 6) is -0.306. The van der Waals surface area contributed by atoms with Gasteiger partial charge in [-0.15, -0.1) is 0 Å². The zero-order valence-corrected chi connectivity index (χ0v) is 8.45. The zero-order chi connectivity index (χ0) is 10.4. The molecule has 1 rings (SSSR count). The van der Waals surface area contributed by atoms with E-state index in [1.807, 2.05) is 17.3 Å². The highest BCUT2D eigenvalue weighted by atomic mass is 16.5. The molecule has 1 aliphatic heterocycles. The maximum atomic E-state index is 11.2. The van der Waals surface area contributed by atoms with Gasteiger partial charge in [0.1, 0.15) is 0 Å². The molecule has 4 heteroatoms. The number of rotatable bonds is 4. The van der Waals surface area contributed by atoms with Gasteiger partial charge in [0, 0.05) is 37.6 Å². The van der Waals surface area contributed by atoms with Crippen LogP contribution in [0.5, 0.6) is 0 Å². The first-order valence-corrected chi connectivity index (χ1v) is 4.73. The maximum absolute atomic E-state index is 11.2. The third-order valence-corrected chi connectivity index (χ3v) is 1.90. The largest absolute Gasteiger partial charge is 0.463 e. The number of carbonyl (C=O) groups is 1. The Bertz CT molecular complexity index is 249. The average Bonchev–Trinajstić information content (AvgIpc) is 2.19. The Morgan fingerprint density at radius 2 is 2.50 bits per heavy atom. The number of hydrogen-bond donors (Lipinski definition) is 1. The molecule has 0 atom stereocenters. The summed E-state index contributed by atoms with van der Waals surface area (Å²) >= 11 is 0. The number of hydrogen-bond acceptors (Lipinski definition) is 4. The molecule has 0 saturated carbocycles. The predicted molar refractivity (Wildman–Crippen MR) is 54.5 cm³/mol. The van der Waals surface area contributed by atoms with E-state index in [1.165, 1.54) is 0 Å². The van der Waals surface area contributed by atoms with E-state index in [0.29, 0.717) is 18.7 Å². The molecule has 14 heavy (non-hydrogen) atoms. The fourth-order valence-electron chi connectivity index (χ4n) is 1.20. The Hall–Kier alpha value is -1.45. The normalized spacial score (nSPS) is 14.8. The number of nitrogens with zero attached hydrogens (tertiary/aromatic N) is 1. The summed E-state index contributed by atoms with van der Waals surface area (Å²) in [5.41, 5.74) is 0.499. The van der Waals surface area contributed by atoms with Gasteiger partial charge < -0.3 is 15.0 Å². The molecule has 1 aliphatic rings. The molecule has 0 fully saturated rings. The average molecular weight is 196 g/mol. The summed E-state index contributed by atoms with van der Waals surface area (Å²) in [6.45, 7) is 8.20. The number of esters is 1. The van der Waals surface area contributed by atoms with Crippen LogP contribution in [0.25, 0.3) is 0 Å². The van der Waals surface area contributed by atoms with E-state index in [9.17, 15) is 4.79 Å². The molecule has 0 spiro atoms. The molecule has 0 aromatic heterocycles. The highest BCUT2D eigenvalue weighted by Gasteiger charge is 2.11. The Balaban J connectivity index is 2.35. The molecule has 1 N–H and O–H groups in total. The fourth-order valence-corrected chi connectivity index (χ4v) is 1.20. The smallest absolute Gasteiger partial charge is 0.335 e. The highest BCUT2D eigenvalue weighted by molar-refractivity contribution is 5.88. The van der Waals surface area contributed by atoms with Gasteiger partial charge in [-0.05, 0) is 6.92 Å². The summed E-state index contributed by atoms with van der Waals surface area (Å²) in [6, 6.07) is 0. The lowest BCUT2D eigenvalue weighted by molar-refractivity contribution is -0.138. The first kappa shape index (κ1) is 10.6. The molecule has 0 aromatic rings. The van der Waals surface area contributed by atoms with Crippen molar-refractivity contribution in [2.75, 3.05) is 26.2 Å². The topological polar surface area (TPSA) is 41.6 Å². The third kappa shape index (κ3) is 3.12. The Morgan fingerprint density at radius 3 is 3.07 bits per heavy atom. The highest BCUT2D eigenvalue weighted by Crippen LogP contribution is 2.02. The molecule has 0 unspecified atom stereocenters. The Morgan fingerprint density at radius 1 is 1.71 bits per heavy atom. The second-order valence-corrected chi connectivity index (χ2v) is 3.06. The van der Waals surface area contributed by atoms with Crippen molar-refractivity contribution in [1.29, 1.82) is 0 Å². The summed E-state index contributed by atoms with van der Waals surface area (Å²) in [6.07, 6.45) is 3.77. The van der Waals surface area contributed by atoms with Crippen LogP contribution in [0, 0.1) is 0 Å². The maximum Gasteiger partial charge on any atom is 0.335 e. The summed E-state index contributed by atoms with van der Waals surface area (Å²) in [5, 5.41) is 3.07. The van der Waals surface area contributed by atoms with Crippen molar-refractivity contribution >= 4 is 5.97 Å². The van der Waals surface area contributed by atoms with Crippen molar-refractivity contribution in [3.05, 3.63) is 24.6 Å². The van der Waals surface area contributed by atoms with Gasteiger partial charge >= 0.3 is 5.97 Å². The van der Waals surface area contributed by atoms with E-state index in [4.69, 9.17) is 4.74 Å². The summed E-state index contributed by atoms with van der Waals surface area (Å²) in [7, 11) is 0. The predicted octanol–water partition coefficient (Wildman–Crippen LogP) is 0.482. The van der Waals surface area contributed by atoms with Crippen LogP contribution in [0.15, 0.2) is 24.6 Å². The standard InChI is InChI=1S/C10H16N2O2/c1-3-14-10(13)9(2)8-12-6-4-11-5-7-12/h4,6,11H,2-3,5,7-8H2,1H3.